The van der Waals surface area contributed by atoms with Crippen molar-refractivity contribution in [1.82, 2.24) is 10.2 Å². The van der Waals surface area contributed by atoms with E-state index in [-0.39, 0.29) is 6.03 Å². The number of nitrogens with zero attached hydrogens (tertiary/aromatic N) is 1. The highest BCUT2D eigenvalue weighted by atomic mass is 16.5. The van der Waals surface area contributed by atoms with Crippen LogP contribution in [-0.2, 0) is 11.2 Å². The van der Waals surface area contributed by atoms with Crippen molar-refractivity contribution in [2.45, 2.75) is 38.6 Å². The fourth-order valence-electron chi connectivity index (χ4n) is 2.89. The van der Waals surface area contributed by atoms with Gasteiger partial charge in [0.25, 0.3) is 0 Å². The molecule has 1 heterocycles. The summed E-state index contributed by atoms with van der Waals surface area (Å²) < 4.78 is 5.59. The van der Waals surface area contributed by atoms with Crippen LogP contribution in [0.1, 0.15) is 31.7 Å². The summed E-state index contributed by atoms with van der Waals surface area (Å²) in [5, 5.41) is 2.87. The number of carbonyl (C=O) groups excluding carboxylic acids is 2. The number of nitrogens with two attached hydrogens (primary N) is 1. The first-order valence-electron chi connectivity index (χ1n) is 8.18. The lowest BCUT2D eigenvalue weighted by Crippen LogP contribution is -2.48. The number of nitrogens with one attached hydrogen (secondary N) is 1. The van der Waals surface area contributed by atoms with Crippen molar-refractivity contribution in [1.29, 1.82) is 0 Å². The molecule has 1 atom stereocenters. The van der Waals surface area contributed by atoms with Gasteiger partial charge < -0.3 is 20.7 Å². The number of likely N-dealkylation sites (tertiary alicyclic amines) is 1. The van der Waals surface area contributed by atoms with Crippen LogP contribution in [0.3, 0.4) is 0 Å². The van der Waals surface area contributed by atoms with Gasteiger partial charge in [-0.3, -0.25) is 4.79 Å². The highest BCUT2D eigenvalue weighted by molar-refractivity contribution is 5.86. The quantitative estimate of drug-likeness (QED) is 0.750. The van der Waals surface area contributed by atoms with Gasteiger partial charge >= 0.3 is 6.03 Å². The van der Waals surface area contributed by atoms with Crippen molar-refractivity contribution < 1.29 is 14.3 Å². The van der Waals surface area contributed by atoms with E-state index in [9.17, 15) is 9.59 Å². The largest absolute Gasteiger partial charge is 0.494 e. The van der Waals surface area contributed by atoms with Gasteiger partial charge in [-0.2, -0.15) is 0 Å². The zero-order valence-corrected chi connectivity index (χ0v) is 13.6. The third-order valence-corrected chi connectivity index (χ3v) is 4.01. The molecule has 2 rings (SSSR count). The second-order valence-electron chi connectivity index (χ2n) is 5.63. The van der Waals surface area contributed by atoms with Crippen molar-refractivity contribution in [2.75, 3.05) is 19.7 Å². The normalized spacial score (nSPS) is 17.1. The number of hydrogen-bond acceptors (Lipinski definition) is 3. The molecule has 1 aromatic rings. The number of benzene rings is 1. The minimum atomic E-state index is -0.464. The van der Waals surface area contributed by atoms with Crippen LogP contribution in [0.2, 0.25) is 0 Å². The van der Waals surface area contributed by atoms with E-state index in [4.69, 9.17) is 10.5 Å². The lowest BCUT2D eigenvalue weighted by molar-refractivity contribution is -0.121. The molecule has 0 unspecified atom stereocenters. The van der Waals surface area contributed by atoms with E-state index < -0.39 is 11.9 Å². The molecule has 3 N–H and O–H groups in total. The van der Waals surface area contributed by atoms with Gasteiger partial charge in [0.05, 0.1) is 6.61 Å². The van der Waals surface area contributed by atoms with Gasteiger partial charge in [-0.1, -0.05) is 18.2 Å². The van der Waals surface area contributed by atoms with Crippen molar-refractivity contribution in [3.05, 3.63) is 29.8 Å². The second-order valence-corrected chi connectivity index (χ2v) is 5.63. The molecule has 1 fully saturated rings. The van der Waals surface area contributed by atoms with Crippen LogP contribution in [0, 0.1) is 0 Å². The van der Waals surface area contributed by atoms with E-state index in [1.54, 1.807) is 0 Å². The van der Waals surface area contributed by atoms with Crippen LogP contribution in [0.25, 0.3) is 0 Å². The van der Waals surface area contributed by atoms with Crippen molar-refractivity contribution in [2.24, 2.45) is 5.73 Å². The van der Waals surface area contributed by atoms with Gasteiger partial charge in [0.15, 0.2) is 0 Å². The minimum Gasteiger partial charge on any atom is -0.494 e. The van der Waals surface area contributed by atoms with Crippen LogP contribution in [0.4, 0.5) is 4.79 Å². The SMILES string of the molecule is CCOc1ccccc1CCCNC(=O)N1CCC[C@H]1C(N)=O. The Hall–Kier alpha value is -2.24. The molecule has 0 radical (unpaired) electrons. The average molecular weight is 319 g/mol. The van der Waals surface area contributed by atoms with Crippen molar-refractivity contribution >= 4 is 11.9 Å². The number of para-hydroxylation sites is 1. The molecule has 6 heteroatoms. The first-order chi connectivity index (χ1) is 11.1. The Morgan fingerprint density at radius 2 is 2.17 bits per heavy atom. The first kappa shape index (κ1) is 17.1. The van der Waals surface area contributed by atoms with E-state index in [2.05, 4.69) is 5.32 Å². The highest BCUT2D eigenvalue weighted by Gasteiger charge is 2.32. The summed E-state index contributed by atoms with van der Waals surface area (Å²) in [6.07, 6.45) is 3.12. The molecule has 1 aliphatic rings. The number of aryl methyl sites for hydroxylation is 1. The zero-order valence-electron chi connectivity index (χ0n) is 13.6. The monoisotopic (exact) mass is 319 g/mol. The Labute approximate surface area is 137 Å². The molecular weight excluding hydrogens is 294 g/mol. The van der Waals surface area contributed by atoms with Gasteiger partial charge in [0.1, 0.15) is 11.8 Å². The smallest absolute Gasteiger partial charge is 0.318 e. The van der Waals surface area contributed by atoms with E-state index in [0.29, 0.717) is 26.1 Å². The average Bonchev–Trinajstić information content (AvgIpc) is 3.03. The number of urea groups is 1. The molecule has 23 heavy (non-hydrogen) atoms. The fourth-order valence-corrected chi connectivity index (χ4v) is 2.89. The molecule has 6 nitrogen and oxygen atoms in total. The van der Waals surface area contributed by atoms with Gasteiger partial charge in [-0.25, -0.2) is 4.79 Å². The Balaban J connectivity index is 1.77. The van der Waals surface area contributed by atoms with Crippen LogP contribution in [0.15, 0.2) is 24.3 Å². The molecule has 1 aliphatic heterocycles. The zero-order chi connectivity index (χ0) is 16.7. The van der Waals surface area contributed by atoms with Gasteiger partial charge in [-0.05, 0) is 44.2 Å². The van der Waals surface area contributed by atoms with Crippen molar-refractivity contribution in [3.8, 4) is 5.75 Å². The molecule has 0 aromatic heterocycles. The number of rotatable bonds is 7. The molecule has 0 spiro atoms. The number of ether oxygens (including phenoxy) is 1. The number of hydrogen-bond donors (Lipinski definition) is 2. The summed E-state index contributed by atoms with van der Waals surface area (Å²) in [6.45, 7) is 3.74. The maximum atomic E-state index is 12.1. The predicted molar refractivity (Wildman–Crippen MR) is 88.3 cm³/mol. The van der Waals surface area contributed by atoms with E-state index in [1.807, 2.05) is 31.2 Å². The van der Waals surface area contributed by atoms with E-state index in [0.717, 1.165) is 30.6 Å². The van der Waals surface area contributed by atoms with E-state index in [1.165, 1.54) is 4.90 Å². The van der Waals surface area contributed by atoms with Gasteiger partial charge in [-0.15, -0.1) is 0 Å². The molecule has 1 saturated heterocycles. The summed E-state index contributed by atoms with van der Waals surface area (Å²) in [5.41, 5.74) is 6.47. The summed E-state index contributed by atoms with van der Waals surface area (Å²) in [6, 6.07) is 7.26. The van der Waals surface area contributed by atoms with Crippen LogP contribution in [-0.4, -0.2) is 42.6 Å². The second kappa shape index (κ2) is 8.41. The van der Waals surface area contributed by atoms with Gasteiger partial charge in [0, 0.05) is 13.1 Å². The minimum absolute atomic E-state index is 0.204. The molecule has 0 bridgehead atoms. The number of carbonyl (C=O) groups is 2. The van der Waals surface area contributed by atoms with Crippen LogP contribution >= 0.6 is 0 Å². The molecule has 3 amide bonds. The number of primary amides is 1. The third-order valence-electron chi connectivity index (χ3n) is 4.01. The summed E-state index contributed by atoms with van der Waals surface area (Å²) in [7, 11) is 0. The Kier molecular flexibility index (Phi) is 6.26. The molecule has 126 valence electrons. The highest BCUT2D eigenvalue weighted by Crippen LogP contribution is 2.19. The Morgan fingerprint density at radius 3 is 2.91 bits per heavy atom. The standard InChI is InChI=1S/C17H25N3O3/c1-2-23-15-10-4-3-7-13(15)8-5-11-19-17(22)20-12-6-9-14(20)16(18)21/h3-4,7,10,14H,2,5-6,8-9,11-12H2,1H3,(H2,18,21)(H,19,22)/t14-/m0/s1. The topological polar surface area (TPSA) is 84.7 Å². The molecule has 1 aromatic carbocycles. The third kappa shape index (κ3) is 4.61. The lowest BCUT2D eigenvalue weighted by Gasteiger charge is -2.22. The Morgan fingerprint density at radius 1 is 1.39 bits per heavy atom. The molecule has 0 aliphatic carbocycles. The number of amides is 3. The summed E-state index contributed by atoms with van der Waals surface area (Å²) in [5.74, 6) is 0.470. The van der Waals surface area contributed by atoms with Crippen LogP contribution < -0.4 is 15.8 Å². The molecule has 0 saturated carbocycles. The predicted octanol–water partition coefficient (Wildman–Crippen LogP) is 1.68. The maximum Gasteiger partial charge on any atom is 0.318 e. The summed E-state index contributed by atoms with van der Waals surface area (Å²) in [4.78, 5) is 25.0. The van der Waals surface area contributed by atoms with Crippen molar-refractivity contribution in [3.63, 3.8) is 0 Å². The molecular formula is C17H25N3O3. The summed E-state index contributed by atoms with van der Waals surface area (Å²) >= 11 is 0. The first-order valence-corrected chi connectivity index (χ1v) is 8.18. The van der Waals surface area contributed by atoms with E-state index >= 15 is 0 Å². The fraction of sp³-hybridized carbons (Fsp3) is 0.529. The lowest BCUT2D eigenvalue weighted by atomic mass is 10.1. The van der Waals surface area contributed by atoms with Gasteiger partial charge in [0.2, 0.25) is 5.91 Å². The Bertz CT molecular complexity index is 548. The van der Waals surface area contributed by atoms with Crippen LogP contribution in [0.5, 0.6) is 5.75 Å². The maximum absolute atomic E-state index is 12.1.